The van der Waals surface area contributed by atoms with Crippen molar-refractivity contribution in [1.82, 2.24) is 10.2 Å². The Labute approximate surface area is 114 Å². The Morgan fingerprint density at radius 3 is 2.61 bits per heavy atom. The minimum atomic E-state index is 0.662. The van der Waals surface area contributed by atoms with Crippen molar-refractivity contribution in [1.29, 1.82) is 0 Å². The molecule has 0 aromatic heterocycles. The first-order chi connectivity index (χ1) is 8.66. The Balaban J connectivity index is 1.71. The highest BCUT2D eigenvalue weighted by Crippen LogP contribution is 2.51. The summed E-state index contributed by atoms with van der Waals surface area (Å²) in [6.07, 6.45) is 8.32. The molecule has 18 heavy (non-hydrogen) atoms. The topological polar surface area (TPSA) is 15.3 Å². The first-order valence-electron chi connectivity index (χ1n) is 8.12. The van der Waals surface area contributed by atoms with Gasteiger partial charge in [0, 0.05) is 12.6 Å². The van der Waals surface area contributed by atoms with E-state index in [4.69, 9.17) is 0 Å². The summed E-state index contributed by atoms with van der Waals surface area (Å²) in [6.45, 7) is 12.3. The van der Waals surface area contributed by atoms with E-state index in [1.54, 1.807) is 0 Å². The average Bonchev–Trinajstić information content (AvgIpc) is 3.12. The molecule has 0 amide bonds. The normalized spacial score (nSPS) is 28.3. The molecule has 1 saturated heterocycles. The molecule has 0 radical (unpaired) electrons. The van der Waals surface area contributed by atoms with E-state index >= 15 is 0 Å². The van der Waals surface area contributed by atoms with Crippen molar-refractivity contribution in [3.05, 3.63) is 0 Å². The number of hydrogen-bond donors (Lipinski definition) is 1. The molecule has 2 heteroatoms. The number of rotatable bonds is 6. The van der Waals surface area contributed by atoms with Gasteiger partial charge < -0.3 is 10.2 Å². The molecule has 1 heterocycles. The van der Waals surface area contributed by atoms with Gasteiger partial charge in [-0.25, -0.2) is 0 Å². The Morgan fingerprint density at radius 1 is 1.22 bits per heavy atom. The van der Waals surface area contributed by atoms with Gasteiger partial charge in [-0.05, 0) is 69.5 Å². The summed E-state index contributed by atoms with van der Waals surface area (Å²) in [4.78, 5) is 2.65. The van der Waals surface area contributed by atoms with Crippen LogP contribution in [0.3, 0.4) is 0 Å². The predicted octanol–water partition coefficient (Wildman–Crippen LogP) is 3.28. The number of nitrogens with zero attached hydrogens (tertiary/aromatic N) is 1. The van der Waals surface area contributed by atoms with Crippen LogP contribution in [0.25, 0.3) is 0 Å². The molecule has 1 aliphatic carbocycles. The van der Waals surface area contributed by atoms with Crippen LogP contribution in [-0.4, -0.2) is 37.1 Å². The second-order valence-corrected chi connectivity index (χ2v) is 6.87. The fraction of sp³-hybridized carbons (Fsp3) is 1.00. The summed E-state index contributed by atoms with van der Waals surface area (Å²) in [5, 5.41) is 3.88. The van der Waals surface area contributed by atoms with E-state index in [9.17, 15) is 0 Å². The third-order valence-electron chi connectivity index (χ3n) is 5.22. The lowest BCUT2D eigenvalue weighted by atomic mass is 9.92. The van der Waals surface area contributed by atoms with Crippen molar-refractivity contribution >= 4 is 0 Å². The zero-order chi connectivity index (χ0) is 13.0. The highest BCUT2D eigenvalue weighted by molar-refractivity contribution is 4.97. The number of nitrogens with one attached hydrogen (secondary N) is 1. The zero-order valence-electron chi connectivity index (χ0n) is 12.7. The minimum Gasteiger partial charge on any atom is -0.313 e. The Kier molecular flexibility index (Phi) is 5.08. The molecule has 106 valence electrons. The molecule has 1 atom stereocenters. The first-order valence-corrected chi connectivity index (χ1v) is 8.12. The van der Waals surface area contributed by atoms with Gasteiger partial charge in [0.2, 0.25) is 0 Å². The van der Waals surface area contributed by atoms with Gasteiger partial charge in [0.1, 0.15) is 0 Å². The molecule has 1 saturated carbocycles. The largest absolute Gasteiger partial charge is 0.313 e. The molecule has 1 unspecified atom stereocenters. The van der Waals surface area contributed by atoms with Gasteiger partial charge in [0.05, 0.1) is 0 Å². The van der Waals surface area contributed by atoms with E-state index < -0.39 is 0 Å². The van der Waals surface area contributed by atoms with Gasteiger partial charge in [-0.15, -0.1) is 0 Å². The van der Waals surface area contributed by atoms with Crippen LogP contribution in [0.5, 0.6) is 0 Å². The van der Waals surface area contributed by atoms with Gasteiger partial charge in [-0.2, -0.15) is 0 Å². The van der Waals surface area contributed by atoms with Crippen LogP contribution < -0.4 is 5.32 Å². The smallest absolute Gasteiger partial charge is 0.00799 e. The second kappa shape index (κ2) is 6.38. The molecular formula is C16H32N2. The molecule has 2 rings (SSSR count). The van der Waals surface area contributed by atoms with E-state index in [1.165, 1.54) is 64.7 Å². The van der Waals surface area contributed by atoms with E-state index in [1.807, 2.05) is 0 Å². The summed E-state index contributed by atoms with van der Waals surface area (Å²) < 4.78 is 0. The monoisotopic (exact) mass is 252 g/mol. The van der Waals surface area contributed by atoms with Gasteiger partial charge in [-0.3, -0.25) is 0 Å². The van der Waals surface area contributed by atoms with E-state index in [-0.39, 0.29) is 0 Å². The van der Waals surface area contributed by atoms with Crippen LogP contribution in [0, 0.1) is 11.3 Å². The van der Waals surface area contributed by atoms with Crippen LogP contribution in [0.2, 0.25) is 0 Å². The maximum atomic E-state index is 3.88. The van der Waals surface area contributed by atoms with Crippen molar-refractivity contribution in [2.75, 3.05) is 26.2 Å². The quantitative estimate of drug-likeness (QED) is 0.780. The molecule has 0 bridgehead atoms. The third-order valence-corrected chi connectivity index (χ3v) is 5.22. The van der Waals surface area contributed by atoms with Gasteiger partial charge in [0.15, 0.2) is 0 Å². The van der Waals surface area contributed by atoms with Crippen LogP contribution in [0.15, 0.2) is 0 Å². The van der Waals surface area contributed by atoms with Gasteiger partial charge in [-0.1, -0.05) is 20.8 Å². The Hall–Kier alpha value is -0.0800. The standard InChI is InChI=1S/C16H32N2/c1-4-10-18-11-5-6-15(7-12-18)17-13-16(8-9-16)14(2)3/h14-15,17H,4-13H2,1-3H3. The highest BCUT2D eigenvalue weighted by Gasteiger charge is 2.45. The number of hydrogen-bond acceptors (Lipinski definition) is 2. The SMILES string of the molecule is CCCN1CCCC(NCC2(C(C)C)CC2)CC1. The fourth-order valence-electron chi connectivity index (χ4n) is 3.37. The molecular weight excluding hydrogens is 220 g/mol. The van der Waals surface area contributed by atoms with E-state index in [2.05, 4.69) is 31.0 Å². The highest BCUT2D eigenvalue weighted by atomic mass is 15.1. The van der Waals surface area contributed by atoms with Gasteiger partial charge >= 0.3 is 0 Å². The second-order valence-electron chi connectivity index (χ2n) is 6.87. The Morgan fingerprint density at radius 2 is 2.00 bits per heavy atom. The zero-order valence-corrected chi connectivity index (χ0v) is 12.7. The fourth-order valence-corrected chi connectivity index (χ4v) is 3.37. The van der Waals surface area contributed by atoms with Crippen molar-refractivity contribution < 1.29 is 0 Å². The average molecular weight is 252 g/mol. The summed E-state index contributed by atoms with van der Waals surface area (Å²) in [7, 11) is 0. The summed E-state index contributed by atoms with van der Waals surface area (Å²) in [6, 6.07) is 0.781. The molecule has 0 aromatic carbocycles. The van der Waals surface area contributed by atoms with E-state index in [0.717, 1.165) is 12.0 Å². The van der Waals surface area contributed by atoms with Crippen LogP contribution in [0.1, 0.15) is 59.3 Å². The Bertz CT molecular complexity index is 245. The van der Waals surface area contributed by atoms with Crippen molar-refractivity contribution in [2.45, 2.75) is 65.3 Å². The molecule has 1 aliphatic heterocycles. The molecule has 2 fully saturated rings. The predicted molar refractivity (Wildman–Crippen MR) is 78.9 cm³/mol. The van der Waals surface area contributed by atoms with Crippen LogP contribution in [0.4, 0.5) is 0 Å². The van der Waals surface area contributed by atoms with Crippen molar-refractivity contribution in [3.8, 4) is 0 Å². The third kappa shape index (κ3) is 3.71. The molecule has 0 aromatic rings. The number of likely N-dealkylation sites (tertiary alicyclic amines) is 1. The van der Waals surface area contributed by atoms with Crippen LogP contribution in [-0.2, 0) is 0 Å². The lowest BCUT2D eigenvalue weighted by Gasteiger charge is -2.24. The maximum absolute atomic E-state index is 3.88. The summed E-state index contributed by atoms with van der Waals surface area (Å²) >= 11 is 0. The summed E-state index contributed by atoms with van der Waals surface area (Å²) in [5.41, 5.74) is 0.662. The van der Waals surface area contributed by atoms with E-state index in [0.29, 0.717) is 5.41 Å². The maximum Gasteiger partial charge on any atom is 0.00799 e. The molecule has 1 N–H and O–H groups in total. The summed E-state index contributed by atoms with van der Waals surface area (Å²) in [5.74, 6) is 0.854. The van der Waals surface area contributed by atoms with Crippen LogP contribution >= 0.6 is 0 Å². The molecule has 2 aliphatic rings. The lowest BCUT2D eigenvalue weighted by Crippen LogP contribution is -2.36. The molecule has 2 nitrogen and oxygen atoms in total. The molecule has 0 spiro atoms. The first kappa shape index (κ1) is 14.3. The van der Waals surface area contributed by atoms with Gasteiger partial charge in [0.25, 0.3) is 0 Å². The van der Waals surface area contributed by atoms with Crippen molar-refractivity contribution in [3.63, 3.8) is 0 Å². The lowest BCUT2D eigenvalue weighted by molar-refractivity contribution is 0.277. The minimum absolute atomic E-state index is 0.662. The van der Waals surface area contributed by atoms with Crippen molar-refractivity contribution in [2.24, 2.45) is 11.3 Å².